The lowest BCUT2D eigenvalue weighted by molar-refractivity contribution is 0.595. The Morgan fingerprint density at radius 2 is 2.00 bits per heavy atom. The fraction of sp³-hybridized carbons (Fsp3) is 0.333. The molecule has 2 aromatic rings. The van der Waals surface area contributed by atoms with Gasteiger partial charge in [-0.1, -0.05) is 0 Å². The van der Waals surface area contributed by atoms with E-state index in [1.165, 1.54) is 0 Å². The normalized spacial score (nSPS) is 11.2. The number of hydrogen-bond donors (Lipinski definition) is 0. The molecule has 0 bridgehead atoms. The first-order chi connectivity index (χ1) is 7.11. The first-order valence-electron chi connectivity index (χ1n) is 5.08. The third-order valence-corrected chi connectivity index (χ3v) is 2.56. The molecule has 0 aliphatic carbocycles. The quantitative estimate of drug-likeness (QED) is 0.711. The van der Waals surface area contributed by atoms with Gasteiger partial charge in [0.2, 0.25) is 0 Å². The van der Waals surface area contributed by atoms with Gasteiger partial charge >= 0.3 is 0 Å². The first-order valence-corrected chi connectivity index (χ1v) is 5.08. The minimum absolute atomic E-state index is 0.00981. The number of aryl methyl sites for hydroxylation is 1. The molecule has 2 rings (SSSR count). The summed E-state index contributed by atoms with van der Waals surface area (Å²) in [4.78, 5) is 16.0. The molecule has 3 heteroatoms. The molecule has 0 fully saturated rings. The third-order valence-electron chi connectivity index (χ3n) is 2.56. The first kappa shape index (κ1) is 9.90. The molecular weight excluding hydrogens is 188 g/mol. The van der Waals surface area contributed by atoms with Gasteiger partial charge in [-0.25, -0.2) is 4.98 Å². The van der Waals surface area contributed by atoms with Crippen LogP contribution in [-0.4, -0.2) is 9.55 Å². The van der Waals surface area contributed by atoms with Gasteiger partial charge in [-0.3, -0.25) is 9.36 Å². The fourth-order valence-electron chi connectivity index (χ4n) is 1.79. The molecule has 0 amide bonds. The molecule has 15 heavy (non-hydrogen) atoms. The molecule has 3 nitrogen and oxygen atoms in total. The Bertz CT molecular complexity index is 555. The zero-order chi connectivity index (χ0) is 11.0. The van der Waals surface area contributed by atoms with Crippen LogP contribution in [0.1, 0.15) is 25.5 Å². The van der Waals surface area contributed by atoms with Gasteiger partial charge in [-0.05, 0) is 38.5 Å². The maximum absolute atomic E-state index is 11.7. The molecule has 0 aliphatic rings. The summed E-state index contributed by atoms with van der Waals surface area (Å²) in [5, 5.41) is 1.05. The predicted octanol–water partition coefficient (Wildman–Crippen LogP) is 2.29. The van der Waals surface area contributed by atoms with Gasteiger partial charge in [-0.15, -0.1) is 0 Å². The summed E-state index contributed by atoms with van der Waals surface area (Å²) < 4.78 is 1.72. The van der Waals surface area contributed by atoms with Crippen LogP contribution >= 0.6 is 0 Å². The highest BCUT2D eigenvalue weighted by atomic mass is 16.1. The van der Waals surface area contributed by atoms with Crippen molar-refractivity contribution in [1.29, 1.82) is 0 Å². The third kappa shape index (κ3) is 1.54. The molecule has 0 saturated carbocycles. The fourth-order valence-corrected chi connectivity index (χ4v) is 1.79. The van der Waals surface area contributed by atoms with Crippen molar-refractivity contribution in [2.24, 2.45) is 0 Å². The molecule has 0 saturated heterocycles. The SMILES string of the molecule is Cc1ccnc2c1ccc(=O)n2C(C)C. The van der Waals surface area contributed by atoms with E-state index < -0.39 is 0 Å². The largest absolute Gasteiger partial charge is 0.290 e. The molecule has 2 heterocycles. The number of pyridine rings is 2. The van der Waals surface area contributed by atoms with Crippen LogP contribution in [0, 0.1) is 6.92 Å². The summed E-state index contributed by atoms with van der Waals surface area (Å²) in [5.41, 5.74) is 1.93. The van der Waals surface area contributed by atoms with E-state index in [1.54, 1.807) is 16.8 Å². The van der Waals surface area contributed by atoms with Gasteiger partial charge < -0.3 is 0 Å². The number of rotatable bonds is 1. The van der Waals surface area contributed by atoms with Crippen molar-refractivity contribution in [3.05, 3.63) is 40.3 Å². The van der Waals surface area contributed by atoms with E-state index in [9.17, 15) is 4.79 Å². The van der Waals surface area contributed by atoms with Crippen molar-refractivity contribution in [2.75, 3.05) is 0 Å². The van der Waals surface area contributed by atoms with E-state index in [4.69, 9.17) is 0 Å². The number of fused-ring (bicyclic) bond motifs is 1. The predicted molar refractivity (Wildman–Crippen MR) is 61.1 cm³/mol. The van der Waals surface area contributed by atoms with Crippen LogP contribution in [0.2, 0.25) is 0 Å². The molecule has 0 spiro atoms. The topological polar surface area (TPSA) is 34.9 Å². The van der Waals surface area contributed by atoms with E-state index in [-0.39, 0.29) is 11.6 Å². The summed E-state index contributed by atoms with van der Waals surface area (Å²) >= 11 is 0. The Morgan fingerprint density at radius 3 is 2.67 bits per heavy atom. The molecule has 2 aromatic heterocycles. The van der Waals surface area contributed by atoms with Crippen molar-refractivity contribution < 1.29 is 0 Å². The molecule has 0 aliphatic heterocycles. The highest BCUT2D eigenvalue weighted by Crippen LogP contribution is 2.16. The zero-order valence-corrected chi connectivity index (χ0v) is 9.19. The Morgan fingerprint density at radius 1 is 1.27 bits per heavy atom. The molecule has 0 radical (unpaired) electrons. The van der Waals surface area contributed by atoms with Gasteiger partial charge in [0, 0.05) is 23.7 Å². The van der Waals surface area contributed by atoms with Crippen LogP contribution in [0.15, 0.2) is 29.2 Å². The Balaban J connectivity index is 2.94. The molecule has 78 valence electrons. The summed E-state index contributed by atoms with van der Waals surface area (Å²) in [7, 11) is 0. The second kappa shape index (κ2) is 3.50. The summed E-state index contributed by atoms with van der Waals surface area (Å²) in [6.45, 7) is 6.01. The summed E-state index contributed by atoms with van der Waals surface area (Å²) in [6, 6.07) is 5.54. The number of hydrogen-bond acceptors (Lipinski definition) is 2. The second-order valence-corrected chi connectivity index (χ2v) is 4.00. The van der Waals surface area contributed by atoms with Gasteiger partial charge in [0.05, 0.1) is 0 Å². The maximum Gasteiger partial charge on any atom is 0.252 e. The van der Waals surface area contributed by atoms with Crippen molar-refractivity contribution in [3.63, 3.8) is 0 Å². The van der Waals surface area contributed by atoms with Crippen molar-refractivity contribution in [3.8, 4) is 0 Å². The smallest absolute Gasteiger partial charge is 0.252 e. The van der Waals surface area contributed by atoms with Crippen LogP contribution in [0.4, 0.5) is 0 Å². The molecule has 0 atom stereocenters. The van der Waals surface area contributed by atoms with E-state index in [0.29, 0.717) is 0 Å². The monoisotopic (exact) mass is 202 g/mol. The van der Waals surface area contributed by atoms with Crippen molar-refractivity contribution in [1.82, 2.24) is 9.55 Å². The average Bonchev–Trinajstić information content (AvgIpc) is 2.17. The Kier molecular flexibility index (Phi) is 2.31. The lowest BCUT2D eigenvalue weighted by Crippen LogP contribution is -2.21. The van der Waals surface area contributed by atoms with Crippen LogP contribution in [0.25, 0.3) is 11.0 Å². The van der Waals surface area contributed by atoms with Crippen LogP contribution in [0.5, 0.6) is 0 Å². The van der Waals surface area contributed by atoms with E-state index in [2.05, 4.69) is 4.98 Å². The highest BCUT2D eigenvalue weighted by Gasteiger charge is 2.07. The van der Waals surface area contributed by atoms with Crippen LogP contribution in [-0.2, 0) is 0 Å². The molecular formula is C12H14N2O. The minimum atomic E-state index is 0.00981. The lowest BCUT2D eigenvalue weighted by atomic mass is 10.2. The standard InChI is InChI=1S/C12H14N2O/c1-8(2)14-11(15)5-4-10-9(3)6-7-13-12(10)14/h4-8H,1-3H3. The average molecular weight is 202 g/mol. The van der Waals surface area contributed by atoms with Crippen LogP contribution < -0.4 is 5.56 Å². The van der Waals surface area contributed by atoms with Crippen molar-refractivity contribution >= 4 is 11.0 Å². The zero-order valence-electron chi connectivity index (χ0n) is 9.19. The highest BCUT2D eigenvalue weighted by molar-refractivity contribution is 5.78. The number of aromatic nitrogens is 2. The van der Waals surface area contributed by atoms with Gasteiger partial charge in [0.15, 0.2) is 0 Å². The molecule has 0 unspecified atom stereocenters. The summed E-state index contributed by atoms with van der Waals surface area (Å²) in [5.74, 6) is 0. The van der Waals surface area contributed by atoms with Crippen molar-refractivity contribution in [2.45, 2.75) is 26.8 Å². The number of nitrogens with zero attached hydrogens (tertiary/aromatic N) is 2. The molecule has 0 aromatic carbocycles. The van der Waals surface area contributed by atoms with E-state index in [1.807, 2.05) is 32.9 Å². The van der Waals surface area contributed by atoms with Gasteiger partial charge in [-0.2, -0.15) is 0 Å². The van der Waals surface area contributed by atoms with Crippen LogP contribution in [0.3, 0.4) is 0 Å². The minimum Gasteiger partial charge on any atom is -0.290 e. The van der Waals surface area contributed by atoms with E-state index >= 15 is 0 Å². The Labute approximate surface area is 88.4 Å². The second-order valence-electron chi connectivity index (χ2n) is 4.00. The van der Waals surface area contributed by atoms with Gasteiger partial charge in [0.1, 0.15) is 5.65 Å². The maximum atomic E-state index is 11.7. The van der Waals surface area contributed by atoms with Gasteiger partial charge in [0.25, 0.3) is 5.56 Å². The summed E-state index contributed by atoms with van der Waals surface area (Å²) in [6.07, 6.45) is 1.75. The van der Waals surface area contributed by atoms with E-state index in [0.717, 1.165) is 16.6 Å². The molecule has 0 N–H and O–H groups in total. The Hall–Kier alpha value is -1.64. The lowest BCUT2D eigenvalue weighted by Gasteiger charge is -2.13.